The minimum Gasteiger partial charge on any atom is -0.480 e. The van der Waals surface area contributed by atoms with Crippen molar-refractivity contribution in [3.05, 3.63) is 16.1 Å². The summed E-state index contributed by atoms with van der Waals surface area (Å²) < 4.78 is 5.51. The predicted molar refractivity (Wildman–Crippen MR) is 73.8 cm³/mol. The zero-order valence-electron chi connectivity index (χ0n) is 11.5. The normalized spacial score (nSPS) is 21.4. The number of rotatable bonds is 5. The summed E-state index contributed by atoms with van der Waals surface area (Å²) >= 11 is 1.37. The van der Waals surface area contributed by atoms with E-state index in [0.717, 1.165) is 24.5 Å². The summed E-state index contributed by atoms with van der Waals surface area (Å²) in [6.45, 7) is 3.92. The molecule has 1 fully saturated rings. The number of carboxylic acids is 1. The molecule has 2 N–H and O–H groups in total. The molecule has 1 aliphatic rings. The van der Waals surface area contributed by atoms with E-state index in [1.165, 1.54) is 18.3 Å². The highest BCUT2D eigenvalue weighted by molar-refractivity contribution is 7.09. The highest BCUT2D eigenvalue weighted by atomic mass is 32.1. The molecule has 1 aliphatic heterocycles. The van der Waals surface area contributed by atoms with Gasteiger partial charge in [0.1, 0.15) is 22.3 Å². The average Bonchev–Trinajstić information content (AvgIpc) is 3.08. The van der Waals surface area contributed by atoms with Gasteiger partial charge in [-0.3, -0.25) is 4.79 Å². The monoisotopic (exact) mass is 298 g/mol. The van der Waals surface area contributed by atoms with Crippen LogP contribution in [0.1, 0.15) is 54.7 Å². The van der Waals surface area contributed by atoms with E-state index in [1.54, 1.807) is 12.3 Å². The summed E-state index contributed by atoms with van der Waals surface area (Å²) in [4.78, 5) is 27.5. The number of carbonyl (C=O) groups excluding carboxylic acids is 1. The van der Waals surface area contributed by atoms with Crippen LogP contribution >= 0.6 is 11.3 Å². The van der Waals surface area contributed by atoms with Crippen molar-refractivity contribution in [2.75, 3.05) is 6.61 Å². The second-order valence-corrected chi connectivity index (χ2v) is 5.91. The number of carboxylic acid groups (broad SMARTS) is 1. The zero-order chi connectivity index (χ0) is 14.8. The van der Waals surface area contributed by atoms with Gasteiger partial charge in [0.15, 0.2) is 0 Å². The Balaban J connectivity index is 2.07. The lowest BCUT2D eigenvalue weighted by molar-refractivity contribution is -0.143. The summed E-state index contributed by atoms with van der Waals surface area (Å²) in [6.07, 6.45) is 2.19. The Bertz CT molecular complexity index is 510. The molecule has 1 amide bonds. The molecule has 6 nitrogen and oxygen atoms in total. The molecule has 2 unspecified atom stereocenters. The third-order valence-corrected chi connectivity index (χ3v) is 4.47. The maximum Gasteiger partial charge on any atom is 0.329 e. The number of carbonyl (C=O) groups is 2. The van der Waals surface area contributed by atoms with Gasteiger partial charge in [-0.05, 0) is 26.2 Å². The number of nitrogens with one attached hydrogen (secondary N) is 1. The summed E-state index contributed by atoms with van der Waals surface area (Å²) in [6, 6.07) is 0. The van der Waals surface area contributed by atoms with E-state index in [1.807, 2.05) is 0 Å². The predicted octanol–water partition coefficient (Wildman–Crippen LogP) is 1.98. The van der Waals surface area contributed by atoms with Gasteiger partial charge in [0.05, 0.1) is 0 Å². The van der Waals surface area contributed by atoms with E-state index in [4.69, 9.17) is 9.84 Å². The second-order valence-electron chi connectivity index (χ2n) is 5.02. The summed E-state index contributed by atoms with van der Waals surface area (Å²) in [7, 11) is 0. The molecule has 2 heterocycles. The Morgan fingerprint density at radius 1 is 1.65 bits per heavy atom. The molecule has 1 aromatic rings. The molecular weight excluding hydrogens is 280 g/mol. The Morgan fingerprint density at radius 2 is 2.40 bits per heavy atom. The summed E-state index contributed by atoms with van der Waals surface area (Å²) in [5.41, 5.74) is -1.02. The molecule has 0 aliphatic carbocycles. The fraction of sp³-hybridized carbons (Fsp3) is 0.615. The molecule has 1 saturated heterocycles. The third kappa shape index (κ3) is 2.99. The van der Waals surface area contributed by atoms with Gasteiger partial charge >= 0.3 is 5.97 Å². The van der Waals surface area contributed by atoms with Crippen molar-refractivity contribution >= 4 is 23.2 Å². The van der Waals surface area contributed by atoms with Crippen molar-refractivity contribution in [2.24, 2.45) is 0 Å². The molecule has 0 spiro atoms. The minimum atomic E-state index is -1.27. The highest BCUT2D eigenvalue weighted by Gasteiger charge is 2.34. The van der Waals surface area contributed by atoms with Crippen molar-refractivity contribution in [1.29, 1.82) is 0 Å². The van der Waals surface area contributed by atoms with E-state index >= 15 is 0 Å². The van der Waals surface area contributed by atoms with Crippen LogP contribution in [0.2, 0.25) is 0 Å². The number of thiazole rings is 1. The molecule has 2 rings (SSSR count). The second kappa shape index (κ2) is 5.88. The molecule has 110 valence electrons. The lowest BCUT2D eigenvalue weighted by Gasteiger charge is -2.23. The number of nitrogens with zero attached hydrogens (tertiary/aromatic N) is 1. The van der Waals surface area contributed by atoms with Crippen LogP contribution in [-0.2, 0) is 9.53 Å². The quantitative estimate of drug-likeness (QED) is 0.867. The number of ether oxygens (including phenoxy) is 1. The molecule has 0 saturated carbocycles. The van der Waals surface area contributed by atoms with Crippen molar-refractivity contribution in [2.45, 2.75) is 44.8 Å². The van der Waals surface area contributed by atoms with Crippen molar-refractivity contribution in [3.8, 4) is 0 Å². The van der Waals surface area contributed by atoms with Gasteiger partial charge in [-0.1, -0.05) is 6.92 Å². The fourth-order valence-corrected chi connectivity index (χ4v) is 2.80. The molecule has 20 heavy (non-hydrogen) atoms. The first-order valence-corrected chi connectivity index (χ1v) is 7.47. The van der Waals surface area contributed by atoms with Crippen LogP contribution in [0.3, 0.4) is 0 Å². The van der Waals surface area contributed by atoms with Crippen LogP contribution in [-0.4, -0.2) is 34.1 Å². The van der Waals surface area contributed by atoms with E-state index in [9.17, 15) is 9.59 Å². The first-order chi connectivity index (χ1) is 9.46. The van der Waals surface area contributed by atoms with Crippen LogP contribution in [0.15, 0.2) is 5.38 Å². The van der Waals surface area contributed by atoms with Gasteiger partial charge in [-0.2, -0.15) is 0 Å². The number of aliphatic carboxylic acids is 1. The molecule has 7 heteroatoms. The highest BCUT2D eigenvalue weighted by Crippen LogP contribution is 2.30. The summed E-state index contributed by atoms with van der Waals surface area (Å²) in [5.74, 6) is -1.51. The molecule has 0 radical (unpaired) electrons. The van der Waals surface area contributed by atoms with Gasteiger partial charge in [0.25, 0.3) is 5.91 Å². The Hall–Kier alpha value is -1.47. The maximum atomic E-state index is 12.1. The number of hydrogen-bond acceptors (Lipinski definition) is 5. The number of amides is 1. The number of aromatic nitrogens is 1. The van der Waals surface area contributed by atoms with Crippen LogP contribution in [0.5, 0.6) is 0 Å². The van der Waals surface area contributed by atoms with Crippen LogP contribution in [0.4, 0.5) is 0 Å². The molecular formula is C13H18N2O4S. The van der Waals surface area contributed by atoms with E-state index in [2.05, 4.69) is 10.3 Å². The van der Waals surface area contributed by atoms with Crippen LogP contribution < -0.4 is 5.32 Å². The SMILES string of the molecule is CCC(C)(NC(=O)c1csc(C2CCCO2)n1)C(=O)O. The minimum absolute atomic E-state index is 0.0291. The maximum absolute atomic E-state index is 12.1. The van der Waals surface area contributed by atoms with Crippen LogP contribution in [0.25, 0.3) is 0 Å². The van der Waals surface area contributed by atoms with Crippen LogP contribution in [0, 0.1) is 0 Å². The molecule has 0 bridgehead atoms. The molecule has 0 aromatic carbocycles. The topological polar surface area (TPSA) is 88.5 Å². The van der Waals surface area contributed by atoms with Gasteiger partial charge in [0.2, 0.25) is 0 Å². The van der Waals surface area contributed by atoms with Crippen molar-refractivity contribution in [1.82, 2.24) is 10.3 Å². The van der Waals surface area contributed by atoms with Crippen molar-refractivity contribution in [3.63, 3.8) is 0 Å². The lowest BCUT2D eigenvalue weighted by atomic mass is 9.99. The third-order valence-electron chi connectivity index (χ3n) is 3.53. The largest absolute Gasteiger partial charge is 0.480 e. The Morgan fingerprint density at radius 3 is 2.95 bits per heavy atom. The smallest absolute Gasteiger partial charge is 0.329 e. The Kier molecular flexibility index (Phi) is 4.39. The van der Waals surface area contributed by atoms with Gasteiger partial charge in [0, 0.05) is 12.0 Å². The van der Waals surface area contributed by atoms with E-state index < -0.39 is 17.4 Å². The van der Waals surface area contributed by atoms with Crippen molar-refractivity contribution < 1.29 is 19.4 Å². The molecule has 2 atom stereocenters. The lowest BCUT2D eigenvalue weighted by Crippen LogP contribution is -2.51. The summed E-state index contributed by atoms with van der Waals surface area (Å²) in [5, 5.41) is 14.1. The van der Waals surface area contributed by atoms with Gasteiger partial charge < -0.3 is 15.2 Å². The fourth-order valence-electron chi connectivity index (χ4n) is 1.92. The van der Waals surface area contributed by atoms with E-state index in [-0.39, 0.29) is 11.8 Å². The number of hydrogen-bond donors (Lipinski definition) is 2. The standard InChI is InChI=1S/C13H18N2O4S/c1-3-13(2,12(17)18)15-10(16)8-7-20-11(14-8)9-5-4-6-19-9/h7,9H,3-6H2,1-2H3,(H,15,16)(H,17,18). The Labute approximate surface area is 121 Å². The van der Waals surface area contributed by atoms with Gasteiger partial charge in [-0.15, -0.1) is 11.3 Å². The van der Waals surface area contributed by atoms with E-state index in [0.29, 0.717) is 6.42 Å². The average molecular weight is 298 g/mol. The first-order valence-electron chi connectivity index (χ1n) is 6.59. The molecule has 1 aromatic heterocycles. The first kappa shape index (κ1) is 14.9. The van der Waals surface area contributed by atoms with Gasteiger partial charge in [-0.25, -0.2) is 9.78 Å². The zero-order valence-corrected chi connectivity index (χ0v) is 12.3.